The molecule has 0 unspecified atom stereocenters. The van der Waals surface area contributed by atoms with Crippen LogP contribution in [0.25, 0.3) is 0 Å². The Morgan fingerprint density at radius 1 is 1.07 bits per heavy atom. The molecule has 0 atom stereocenters. The molecule has 0 N–H and O–H groups in total. The summed E-state index contributed by atoms with van der Waals surface area (Å²) in [7, 11) is 1.69. The Morgan fingerprint density at radius 3 is 1.73 bits per heavy atom. The molecule has 0 saturated carbocycles. The predicted molar refractivity (Wildman–Crippen MR) is 56.7 cm³/mol. The second-order valence-electron chi connectivity index (χ2n) is 4.06. The lowest BCUT2D eigenvalue weighted by Gasteiger charge is -2.18. The lowest BCUT2D eigenvalue weighted by Crippen LogP contribution is -2.10. The molecule has 0 aromatic heterocycles. The fourth-order valence-corrected chi connectivity index (χ4v) is 1.09. The lowest BCUT2D eigenvalue weighted by atomic mass is 9.87. The quantitative estimate of drug-likeness (QED) is 0.711. The maximum atomic E-state index is 8.12. The maximum absolute atomic E-state index is 8.12. The van der Waals surface area contributed by atoms with Crippen molar-refractivity contribution in [3.8, 4) is 5.75 Å². The van der Waals surface area contributed by atoms with Crippen molar-refractivity contribution in [1.29, 1.82) is 0 Å². The Morgan fingerprint density at radius 2 is 1.47 bits per heavy atom. The van der Waals surface area contributed by atoms with Crippen LogP contribution in [0.2, 0.25) is 0 Å². The molecule has 3 heteroatoms. The molecule has 15 heavy (non-hydrogen) atoms. The summed E-state index contributed by atoms with van der Waals surface area (Å²) in [5, 5.41) is 0. The van der Waals surface area contributed by atoms with Crippen LogP contribution in [-0.2, 0) is 15.0 Å². The van der Waals surface area contributed by atoms with Crippen molar-refractivity contribution in [1.82, 2.24) is 0 Å². The number of hydrogen-bond donors (Lipinski definition) is 0. The number of benzene rings is 1. The third kappa shape index (κ3) is 4.99. The summed E-state index contributed by atoms with van der Waals surface area (Å²) in [5.74, 6) is 0.919. The summed E-state index contributed by atoms with van der Waals surface area (Å²) in [4.78, 5) is 16.2. The first-order chi connectivity index (χ1) is 6.95. The van der Waals surface area contributed by atoms with Gasteiger partial charge in [-0.15, -0.1) is 0 Å². The van der Waals surface area contributed by atoms with Gasteiger partial charge in [-0.25, -0.2) is 0 Å². The van der Waals surface area contributed by atoms with E-state index in [0.717, 1.165) is 5.75 Å². The maximum Gasteiger partial charge on any atom is 0.373 e. The Bertz CT molecular complexity index is 314. The van der Waals surface area contributed by atoms with Crippen LogP contribution in [0.3, 0.4) is 0 Å². The van der Waals surface area contributed by atoms with Gasteiger partial charge in [0.15, 0.2) is 0 Å². The van der Waals surface area contributed by atoms with Crippen molar-refractivity contribution in [2.24, 2.45) is 0 Å². The van der Waals surface area contributed by atoms with Gasteiger partial charge in [0.1, 0.15) is 5.75 Å². The van der Waals surface area contributed by atoms with Crippen LogP contribution < -0.4 is 4.74 Å². The molecule has 0 saturated heterocycles. The fraction of sp³-hybridized carbons (Fsp3) is 0.417. The molecular weight excluding hydrogens is 192 g/mol. The smallest absolute Gasteiger partial charge is 0.373 e. The van der Waals surface area contributed by atoms with Crippen molar-refractivity contribution in [3.05, 3.63) is 29.8 Å². The van der Waals surface area contributed by atoms with E-state index in [4.69, 9.17) is 14.3 Å². The van der Waals surface area contributed by atoms with Crippen LogP contribution >= 0.6 is 0 Å². The molecular formula is C12H16O3. The number of hydrogen-bond acceptors (Lipinski definition) is 3. The molecule has 3 nitrogen and oxygen atoms in total. The molecule has 0 radical (unpaired) electrons. The number of ether oxygens (including phenoxy) is 1. The minimum absolute atomic E-state index is 0.228. The van der Waals surface area contributed by atoms with E-state index in [1.54, 1.807) is 7.11 Å². The lowest BCUT2D eigenvalue weighted by molar-refractivity contribution is -0.191. The second-order valence-corrected chi connectivity index (χ2v) is 4.06. The number of rotatable bonds is 1. The topological polar surface area (TPSA) is 43.4 Å². The first-order valence-electron chi connectivity index (χ1n) is 4.59. The van der Waals surface area contributed by atoms with Crippen molar-refractivity contribution in [2.75, 3.05) is 7.11 Å². The van der Waals surface area contributed by atoms with E-state index in [1.165, 1.54) is 5.56 Å². The Hall–Kier alpha value is -1.60. The zero-order valence-electron chi connectivity index (χ0n) is 9.53. The zero-order valence-corrected chi connectivity index (χ0v) is 9.53. The summed E-state index contributed by atoms with van der Waals surface area (Å²) in [5.41, 5.74) is 1.56. The molecule has 82 valence electrons. The van der Waals surface area contributed by atoms with E-state index in [0.29, 0.717) is 0 Å². The molecule has 1 aromatic carbocycles. The third-order valence-electron chi connectivity index (χ3n) is 1.96. The Kier molecular flexibility index (Phi) is 5.35. The summed E-state index contributed by atoms with van der Waals surface area (Å²) in [6, 6.07) is 8.22. The molecule has 0 fully saturated rings. The van der Waals surface area contributed by atoms with E-state index >= 15 is 0 Å². The number of methoxy groups -OCH3 is 1. The largest absolute Gasteiger partial charge is 0.497 e. The van der Waals surface area contributed by atoms with Gasteiger partial charge in [0, 0.05) is 0 Å². The molecule has 0 heterocycles. The van der Waals surface area contributed by atoms with Crippen molar-refractivity contribution >= 4 is 6.15 Å². The van der Waals surface area contributed by atoms with Gasteiger partial charge in [-0.1, -0.05) is 32.9 Å². The summed E-state index contributed by atoms with van der Waals surface area (Å²) < 4.78 is 5.08. The van der Waals surface area contributed by atoms with Crippen LogP contribution in [0.15, 0.2) is 24.3 Å². The van der Waals surface area contributed by atoms with Gasteiger partial charge >= 0.3 is 6.15 Å². The molecule has 0 aliphatic heterocycles. The minimum atomic E-state index is 0.228. The van der Waals surface area contributed by atoms with E-state index < -0.39 is 0 Å². The zero-order chi connectivity index (χ0) is 11.9. The molecule has 0 amide bonds. The van der Waals surface area contributed by atoms with Crippen LogP contribution in [-0.4, -0.2) is 13.3 Å². The summed E-state index contributed by atoms with van der Waals surface area (Å²) in [6.45, 7) is 6.61. The highest BCUT2D eigenvalue weighted by Crippen LogP contribution is 2.23. The Balaban J connectivity index is 0.000000583. The van der Waals surface area contributed by atoms with Crippen molar-refractivity contribution in [2.45, 2.75) is 26.2 Å². The van der Waals surface area contributed by atoms with E-state index in [9.17, 15) is 0 Å². The van der Waals surface area contributed by atoms with Crippen molar-refractivity contribution in [3.63, 3.8) is 0 Å². The first kappa shape index (κ1) is 13.4. The molecule has 1 rings (SSSR count). The van der Waals surface area contributed by atoms with Gasteiger partial charge in [-0.05, 0) is 23.1 Å². The van der Waals surface area contributed by atoms with Crippen LogP contribution in [0.1, 0.15) is 26.3 Å². The highest BCUT2D eigenvalue weighted by atomic mass is 16.5. The van der Waals surface area contributed by atoms with Gasteiger partial charge in [-0.3, -0.25) is 0 Å². The van der Waals surface area contributed by atoms with Gasteiger partial charge in [0.2, 0.25) is 0 Å². The summed E-state index contributed by atoms with van der Waals surface area (Å²) in [6.07, 6.45) is 0.250. The fourth-order valence-electron chi connectivity index (χ4n) is 1.09. The van der Waals surface area contributed by atoms with E-state index in [1.807, 2.05) is 12.1 Å². The molecule has 0 aliphatic rings. The first-order valence-corrected chi connectivity index (χ1v) is 4.59. The van der Waals surface area contributed by atoms with Crippen LogP contribution in [0.4, 0.5) is 0 Å². The highest BCUT2D eigenvalue weighted by Gasteiger charge is 2.12. The minimum Gasteiger partial charge on any atom is -0.497 e. The second kappa shape index (κ2) is 5.99. The van der Waals surface area contributed by atoms with Crippen molar-refractivity contribution < 1.29 is 14.3 Å². The molecule has 0 aliphatic carbocycles. The standard InChI is InChI=1S/C11H16O.CO2/c1-11(2,3)9-5-7-10(12-4)8-6-9;2-1-3/h5-8H,1-4H3;. The SMILES string of the molecule is COc1ccc(C(C)(C)C)cc1.O=C=O. The molecule has 1 aromatic rings. The Labute approximate surface area is 90.1 Å². The monoisotopic (exact) mass is 208 g/mol. The van der Waals surface area contributed by atoms with Crippen LogP contribution in [0.5, 0.6) is 5.75 Å². The van der Waals surface area contributed by atoms with Gasteiger partial charge in [0.25, 0.3) is 0 Å². The van der Waals surface area contributed by atoms with E-state index in [-0.39, 0.29) is 11.6 Å². The van der Waals surface area contributed by atoms with Crippen LogP contribution in [0, 0.1) is 0 Å². The highest BCUT2D eigenvalue weighted by molar-refractivity contribution is 5.30. The summed E-state index contributed by atoms with van der Waals surface area (Å²) >= 11 is 0. The van der Waals surface area contributed by atoms with E-state index in [2.05, 4.69) is 32.9 Å². The normalized spacial score (nSPS) is 9.60. The molecule has 0 bridgehead atoms. The average molecular weight is 208 g/mol. The predicted octanol–water partition coefficient (Wildman–Crippen LogP) is 2.41. The third-order valence-corrected chi connectivity index (χ3v) is 1.96. The average Bonchev–Trinajstić information content (AvgIpc) is 2.18. The van der Waals surface area contributed by atoms with Gasteiger partial charge < -0.3 is 4.74 Å². The molecule has 0 spiro atoms. The van der Waals surface area contributed by atoms with Gasteiger partial charge in [-0.2, -0.15) is 9.59 Å². The van der Waals surface area contributed by atoms with Gasteiger partial charge in [0.05, 0.1) is 7.11 Å². The number of carbonyl (C=O) groups excluding carboxylic acids is 2.